The molecule has 0 unspecified atom stereocenters. The molecule has 2 aromatic carbocycles. The maximum absolute atomic E-state index is 12.8. The fourth-order valence-electron chi connectivity index (χ4n) is 2.02. The first-order chi connectivity index (χ1) is 12.6. The van der Waals surface area contributed by atoms with Crippen LogP contribution >= 0.6 is 0 Å². The molecule has 0 bridgehead atoms. The first kappa shape index (κ1) is 20.6. The topological polar surface area (TPSA) is 36.9 Å². The van der Waals surface area contributed by atoms with Gasteiger partial charge in [-0.2, -0.15) is 26.3 Å². The van der Waals surface area contributed by atoms with Crippen LogP contribution in [-0.2, 0) is 12.4 Å². The lowest BCUT2D eigenvalue weighted by Gasteiger charge is -2.15. The van der Waals surface area contributed by atoms with Crippen molar-refractivity contribution >= 4 is 7.69 Å². The summed E-state index contributed by atoms with van der Waals surface area (Å²) in [6.45, 7) is 0. The summed E-state index contributed by atoms with van der Waals surface area (Å²) in [5.41, 5.74) is -1.99. The van der Waals surface area contributed by atoms with Gasteiger partial charge in [0.2, 0.25) is 0 Å². The summed E-state index contributed by atoms with van der Waals surface area (Å²) in [6.07, 6.45) is -9.23. The molecule has 2 rings (SSSR count). The van der Waals surface area contributed by atoms with Gasteiger partial charge < -0.3 is 18.8 Å². The van der Waals surface area contributed by atoms with Crippen molar-refractivity contribution in [1.82, 2.24) is 0 Å². The van der Waals surface area contributed by atoms with Crippen LogP contribution in [0.25, 0.3) is 0 Å². The molecule has 2 aromatic rings. The molecule has 11 heteroatoms. The summed E-state index contributed by atoms with van der Waals surface area (Å²) >= 11 is 0. The van der Waals surface area contributed by atoms with Gasteiger partial charge in [0, 0.05) is 0 Å². The molecule has 0 aliphatic heterocycles. The third-order valence-electron chi connectivity index (χ3n) is 3.33. The van der Waals surface area contributed by atoms with Crippen LogP contribution in [0.3, 0.4) is 0 Å². The number of ether oxygens (including phenoxy) is 2. The molecule has 0 spiro atoms. The van der Waals surface area contributed by atoms with Gasteiger partial charge in [0.1, 0.15) is 11.5 Å². The zero-order valence-electron chi connectivity index (χ0n) is 13.9. The molecular formula is C16H12BF6O4. The predicted molar refractivity (Wildman–Crippen MR) is 83.0 cm³/mol. The van der Waals surface area contributed by atoms with E-state index in [0.717, 1.165) is 24.3 Å². The van der Waals surface area contributed by atoms with Crippen LogP contribution in [0, 0.1) is 0 Å². The van der Waals surface area contributed by atoms with Crippen molar-refractivity contribution in [3.63, 3.8) is 0 Å². The number of hydrogen-bond donors (Lipinski definition) is 0. The Morgan fingerprint density at radius 3 is 1.30 bits per heavy atom. The second-order valence-electron chi connectivity index (χ2n) is 5.06. The first-order valence-corrected chi connectivity index (χ1v) is 7.21. The molecule has 0 saturated carbocycles. The highest BCUT2D eigenvalue weighted by Crippen LogP contribution is 2.37. The van der Waals surface area contributed by atoms with Gasteiger partial charge in [0.05, 0.1) is 25.3 Å². The van der Waals surface area contributed by atoms with E-state index in [-0.39, 0.29) is 23.0 Å². The molecule has 0 aliphatic rings. The average molecular weight is 393 g/mol. The summed E-state index contributed by atoms with van der Waals surface area (Å²) in [7, 11) is 3.01. The van der Waals surface area contributed by atoms with Crippen molar-refractivity contribution in [3.8, 4) is 23.0 Å². The van der Waals surface area contributed by atoms with E-state index in [9.17, 15) is 26.3 Å². The van der Waals surface area contributed by atoms with Crippen molar-refractivity contribution in [1.29, 1.82) is 0 Å². The smallest absolute Gasteiger partial charge is 0.524 e. The minimum absolute atomic E-state index is 0.0288. The van der Waals surface area contributed by atoms with Gasteiger partial charge in [-0.15, -0.1) is 0 Å². The lowest BCUT2D eigenvalue weighted by atomic mass is 10.1. The monoisotopic (exact) mass is 393 g/mol. The Kier molecular flexibility index (Phi) is 6.02. The van der Waals surface area contributed by atoms with E-state index in [1.165, 1.54) is 14.2 Å². The summed E-state index contributed by atoms with van der Waals surface area (Å²) in [6, 6.07) is 5.00. The van der Waals surface area contributed by atoms with E-state index in [1.807, 2.05) is 0 Å². The Balaban J connectivity index is 2.19. The van der Waals surface area contributed by atoms with Gasteiger partial charge in [-0.05, 0) is 36.4 Å². The van der Waals surface area contributed by atoms with Crippen molar-refractivity contribution < 1.29 is 45.1 Å². The first-order valence-electron chi connectivity index (χ1n) is 7.21. The third kappa shape index (κ3) is 5.14. The predicted octanol–water partition coefficient (Wildman–Crippen LogP) is 4.73. The SMILES string of the molecule is COc1ccc(C(F)(F)F)cc1O[B]Oc1cc(C(F)(F)F)ccc1OC. The van der Waals surface area contributed by atoms with E-state index in [2.05, 4.69) is 0 Å². The molecule has 4 nitrogen and oxygen atoms in total. The Morgan fingerprint density at radius 1 is 0.630 bits per heavy atom. The second kappa shape index (κ2) is 7.89. The normalized spacial score (nSPS) is 11.7. The van der Waals surface area contributed by atoms with Gasteiger partial charge in [0.25, 0.3) is 0 Å². The molecule has 0 atom stereocenters. The van der Waals surface area contributed by atoms with Crippen LogP contribution in [0.5, 0.6) is 23.0 Å². The van der Waals surface area contributed by atoms with Crippen molar-refractivity contribution in [2.24, 2.45) is 0 Å². The number of rotatable bonds is 6. The van der Waals surface area contributed by atoms with E-state index >= 15 is 0 Å². The van der Waals surface area contributed by atoms with Crippen LogP contribution in [0.2, 0.25) is 0 Å². The summed E-state index contributed by atoms with van der Waals surface area (Å²) in [4.78, 5) is 0. The van der Waals surface area contributed by atoms with Crippen molar-refractivity contribution in [2.45, 2.75) is 12.4 Å². The molecule has 0 heterocycles. The maximum atomic E-state index is 12.8. The number of benzene rings is 2. The highest BCUT2D eigenvalue weighted by Gasteiger charge is 2.32. The summed E-state index contributed by atoms with van der Waals surface area (Å²) in [5.74, 6) is -0.728. The molecule has 0 aromatic heterocycles. The average Bonchev–Trinajstić information content (AvgIpc) is 2.60. The van der Waals surface area contributed by atoms with Crippen LogP contribution < -0.4 is 18.8 Å². The fraction of sp³-hybridized carbons (Fsp3) is 0.250. The Labute approximate surface area is 150 Å². The molecule has 0 aliphatic carbocycles. The molecule has 27 heavy (non-hydrogen) atoms. The van der Waals surface area contributed by atoms with E-state index < -0.39 is 23.5 Å². The number of hydrogen-bond acceptors (Lipinski definition) is 4. The van der Waals surface area contributed by atoms with Gasteiger partial charge in [-0.25, -0.2) is 0 Å². The molecule has 145 valence electrons. The van der Waals surface area contributed by atoms with Gasteiger partial charge >= 0.3 is 20.0 Å². The summed E-state index contributed by atoms with van der Waals surface area (Å²) in [5, 5.41) is 0. The highest BCUT2D eigenvalue weighted by molar-refractivity contribution is 6.21. The van der Waals surface area contributed by atoms with Crippen LogP contribution in [0.1, 0.15) is 11.1 Å². The Bertz CT molecular complexity index is 726. The maximum Gasteiger partial charge on any atom is 0.658 e. The molecule has 0 N–H and O–H groups in total. The number of halogens is 6. The Morgan fingerprint density at radius 2 is 1.00 bits per heavy atom. The molecule has 1 radical (unpaired) electrons. The minimum atomic E-state index is -4.62. The highest BCUT2D eigenvalue weighted by atomic mass is 19.4. The Hall–Kier alpha value is -2.72. The van der Waals surface area contributed by atoms with E-state index in [1.54, 1.807) is 0 Å². The lowest BCUT2D eigenvalue weighted by molar-refractivity contribution is -0.138. The minimum Gasteiger partial charge on any atom is -0.524 e. The van der Waals surface area contributed by atoms with Crippen LogP contribution in [0.15, 0.2) is 36.4 Å². The third-order valence-corrected chi connectivity index (χ3v) is 3.33. The molecule has 0 fully saturated rings. The number of alkyl halides is 6. The summed E-state index contributed by atoms with van der Waals surface area (Å²) < 4.78 is 96.4. The standard InChI is InChI=1S/C16H12BF6O4/c1-24-11-5-3-9(15(18,19)20)7-13(11)26-17-27-14-8-10(16(21,22)23)4-6-12(14)25-2/h3-8H,1-2H3. The van der Waals surface area contributed by atoms with Crippen LogP contribution in [-0.4, -0.2) is 21.9 Å². The van der Waals surface area contributed by atoms with Crippen molar-refractivity contribution in [3.05, 3.63) is 47.5 Å². The van der Waals surface area contributed by atoms with Crippen molar-refractivity contribution in [2.75, 3.05) is 14.2 Å². The number of methoxy groups -OCH3 is 2. The molecule has 0 saturated heterocycles. The van der Waals surface area contributed by atoms with Gasteiger partial charge in [0.15, 0.2) is 11.5 Å². The van der Waals surface area contributed by atoms with Crippen LogP contribution in [0.4, 0.5) is 26.3 Å². The van der Waals surface area contributed by atoms with Gasteiger partial charge in [-0.1, -0.05) is 0 Å². The zero-order chi connectivity index (χ0) is 20.2. The van der Waals surface area contributed by atoms with Gasteiger partial charge in [-0.3, -0.25) is 0 Å². The zero-order valence-corrected chi connectivity index (χ0v) is 13.9. The quantitative estimate of drug-likeness (QED) is 0.525. The second-order valence-corrected chi connectivity index (χ2v) is 5.06. The lowest BCUT2D eigenvalue weighted by Crippen LogP contribution is -2.14. The van der Waals surface area contributed by atoms with E-state index in [0.29, 0.717) is 19.8 Å². The fourth-order valence-corrected chi connectivity index (χ4v) is 2.02. The van der Waals surface area contributed by atoms with E-state index in [4.69, 9.17) is 18.8 Å². The molecule has 0 amide bonds. The molecular weight excluding hydrogens is 381 g/mol. The largest absolute Gasteiger partial charge is 0.658 e.